The largest absolute Gasteiger partial charge is 0.319 e. The molecule has 1 amide bonds. The van der Waals surface area contributed by atoms with Gasteiger partial charge in [0.25, 0.3) is 5.91 Å². The number of hydrogen-bond donors (Lipinski definition) is 1. The Balaban J connectivity index is 2.03. The van der Waals surface area contributed by atoms with E-state index >= 15 is 0 Å². The van der Waals surface area contributed by atoms with Gasteiger partial charge in [-0.15, -0.1) is 0 Å². The SMILES string of the molecule is Cn1ncc(Br)c1C(=O)Nc1ccc(Br)c2cccnc12. The molecule has 5 nitrogen and oxygen atoms in total. The minimum Gasteiger partial charge on any atom is -0.319 e. The van der Waals surface area contributed by atoms with E-state index in [1.165, 1.54) is 4.68 Å². The third-order valence-electron chi connectivity index (χ3n) is 3.07. The van der Waals surface area contributed by atoms with Crippen molar-refractivity contribution >= 4 is 54.4 Å². The molecular formula is C14H10Br2N4O. The van der Waals surface area contributed by atoms with Crippen molar-refractivity contribution in [2.24, 2.45) is 7.05 Å². The summed E-state index contributed by atoms with van der Waals surface area (Å²) in [5.74, 6) is -0.240. The second-order valence-corrected chi connectivity index (χ2v) is 6.12. The first-order valence-corrected chi connectivity index (χ1v) is 7.68. The monoisotopic (exact) mass is 408 g/mol. The summed E-state index contributed by atoms with van der Waals surface area (Å²) in [5, 5.41) is 7.87. The van der Waals surface area contributed by atoms with Gasteiger partial charge in [-0.3, -0.25) is 14.5 Å². The van der Waals surface area contributed by atoms with Crippen molar-refractivity contribution in [2.75, 3.05) is 5.32 Å². The van der Waals surface area contributed by atoms with Crippen molar-refractivity contribution in [3.8, 4) is 0 Å². The van der Waals surface area contributed by atoms with Gasteiger partial charge in [0, 0.05) is 23.1 Å². The number of amides is 1. The molecule has 21 heavy (non-hydrogen) atoms. The molecule has 0 aliphatic rings. The molecule has 0 unspecified atom stereocenters. The molecule has 0 radical (unpaired) electrons. The molecule has 1 N–H and O–H groups in total. The zero-order valence-electron chi connectivity index (χ0n) is 11.0. The zero-order chi connectivity index (χ0) is 15.0. The van der Waals surface area contributed by atoms with E-state index in [0.29, 0.717) is 15.9 Å². The summed E-state index contributed by atoms with van der Waals surface area (Å²) in [6, 6.07) is 7.51. The number of nitrogens with one attached hydrogen (secondary N) is 1. The van der Waals surface area contributed by atoms with E-state index in [0.717, 1.165) is 15.4 Å². The van der Waals surface area contributed by atoms with Crippen molar-refractivity contribution < 1.29 is 4.79 Å². The lowest BCUT2D eigenvalue weighted by Gasteiger charge is -2.09. The topological polar surface area (TPSA) is 59.8 Å². The second kappa shape index (κ2) is 5.57. The van der Waals surface area contributed by atoms with Gasteiger partial charge in [-0.1, -0.05) is 22.0 Å². The first-order chi connectivity index (χ1) is 10.1. The summed E-state index contributed by atoms with van der Waals surface area (Å²) in [4.78, 5) is 16.7. The highest BCUT2D eigenvalue weighted by Gasteiger charge is 2.17. The number of anilines is 1. The zero-order valence-corrected chi connectivity index (χ0v) is 14.1. The average Bonchev–Trinajstić information content (AvgIpc) is 2.81. The lowest BCUT2D eigenvalue weighted by molar-refractivity contribution is 0.101. The highest BCUT2D eigenvalue weighted by atomic mass is 79.9. The molecule has 0 fully saturated rings. The van der Waals surface area contributed by atoms with Crippen LogP contribution in [0.1, 0.15) is 10.5 Å². The van der Waals surface area contributed by atoms with Crippen LogP contribution in [0, 0.1) is 0 Å². The maximum atomic E-state index is 12.4. The molecule has 0 bridgehead atoms. The van der Waals surface area contributed by atoms with Gasteiger partial charge < -0.3 is 5.32 Å². The molecule has 0 spiro atoms. The van der Waals surface area contributed by atoms with Crippen LogP contribution in [0.5, 0.6) is 0 Å². The maximum Gasteiger partial charge on any atom is 0.275 e. The van der Waals surface area contributed by atoms with Crippen molar-refractivity contribution in [1.82, 2.24) is 14.8 Å². The van der Waals surface area contributed by atoms with E-state index in [1.54, 1.807) is 19.4 Å². The number of pyridine rings is 1. The van der Waals surface area contributed by atoms with Gasteiger partial charge in [0.1, 0.15) is 5.69 Å². The van der Waals surface area contributed by atoms with E-state index in [-0.39, 0.29) is 5.91 Å². The molecule has 0 aliphatic heterocycles. The Bertz CT molecular complexity index is 825. The Hall–Kier alpha value is -1.73. The lowest BCUT2D eigenvalue weighted by atomic mass is 10.2. The van der Waals surface area contributed by atoms with Gasteiger partial charge in [-0.2, -0.15) is 5.10 Å². The number of rotatable bonds is 2. The molecule has 0 aliphatic carbocycles. The summed E-state index contributed by atoms with van der Waals surface area (Å²) < 4.78 is 3.11. The van der Waals surface area contributed by atoms with Gasteiger partial charge in [0.15, 0.2) is 0 Å². The van der Waals surface area contributed by atoms with Gasteiger partial charge in [-0.25, -0.2) is 0 Å². The van der Waals surface area contributed by atoms with Crippen molar-refractivity contribution in [3.63, 3.8) is 0 Å². The van der Waals surface area contributed by atoms with Crippen LogP contribution < -0.4 is 5.32 Å². The quantitative estimate of drug-likeness (QED) is 0.701. The van der Waals surface area contributed by atoms with Crippen LogP contribution in [-0.2, 0) is 7.05 Å². The highest BCUT2D eigenvalue weighted by molar-refractivity contribution is 9.11. The molecule has 0 saturated carbocycles. The number of hydrogen-bond acceptors (Lipinski definition) is 3. The smallest absolute Gasteiger partial charge is 0.275 e. The van der Waals surface area contributed by atoms with Crippen LogP contribution >= 0.6 is 31.9 Å². The first-order valence-electron chi connectivity index (χ1n) is 6.10. The Labute approximate surface area is 137 Å². The molecule has 2 heterocycles. The molecule has 2 aromatic heterocycles. The molecular weight excluding hydrogens is 400 g/mol. The molecule has 7 heteroatoms. The van der Waals surface area contributed by atoms with E-state index in [1.807, 2.05) is 24.3 Å². The number of aromatic nitrogens is 3. The minimum absolute atomic E-state index is 0.240. The Kier molecular flexibility index (Phi) is 3.77. The Morgan fingerprint density at radius 1 is 1.24 bits per heavy atom. The fraction of sp³-hybridized carbons (Fsp3) is 0.0714. The van der Waals surface area contributed by atoms with E-state index in [2.05, 4.69) is 47.3 Å². The van der Waals surface area contributed by atoms with Crippen LogP contribution in [0.25, 0.3) is 10.9 Å². The van der Waals surface area contributed by atoms with E-state index in [9.17, 15) is 4.79 Å². The van der Waals surface area contributed by atoms with Crippen molar-refractivity contribution in [3.05, 3.63) is 51.3 Å². The summed E-state index contributed by atoms with van der Waals surface area (Å²) in [6.45, 7) is 0. The average molecular weight is 410 g/mol. The molecule has 3 rings (SSSR count). The van der Waals surface area contributed by atoms with Crippen LogP contribution in [0.15, 0.2) is 45.6 Å². The lowest BCUT2D eigenvalue weighted by Crippen LogP contribution is -2.17. The molecule has 3 aromatic rings. The maximum absolute atomic E-state index is 12.4. The fourth-order valence-corrected chi connectivity index (χ4v) is 3.07. The van der Waals surface area contributed by atoms with Gasteiger partial charge in [0.2, 0.25) is 0 Å². The minimum atomic E-state index is -0.240. The predicted molar refractivity (Wildman–Crippen MR) is 88.3 cm³/mol. The number of fused-ring (bicyclic) bond motifs is 1. The number of carbonyl (C=O) groups is 1. The normalized spacial score (nSPS) is 10.8. The highest BCUT2D eigenvalue weighted by Crippen LogP contribution is 2.29. The number of benzene rings is 1. The second-order valence-electron chi connectivity index (χ2n) is 4.41. The number of halogens is 2. The third-order valence-corrected chi connectivity index (χ3v) is 4.35. The van der Waals surface area contributed by atoms with Crippen LogP contribution in [0.3, 0.4) is 0 Å². The predicted octanol–water partition coefficient (Wildman–Crippen LogP) is 3.75. The fourth-order valence-electron chi connectivity index (χ4n) is 2.09. The van der Waals surface area contributed by atoms with Crippen molar-refractivity contribution in [2.45, 2.75) is 0 Å². The summed E-state index contributed by atoms with van der Waals surface area (Å²) in [6.07, 6.45) is 3.29. The number of nitrogens with zero attached hydrogens (tertiary/aromatic N) is 3. The van der Waals surface area contributed by atoms with Crippen LogP contribution in [-0.4, -0.2) is 20.7 Å². The van der Waals surface area contributed by atoms with Gasteiger partial charge in [-0.05, 0) is 34.1 Å². The van der Waals surface area contributed by atoms with Crippen molar-refractivity contribution in [1.29, 1.82) is 0 Å². The standard InChI is InChI=1S/C14H10Br2N4O/c1-20-13(10(16)7-18-20)14(21)19-11-5-4-9(15)8-3-2-6-17-12(8)11/h2-7H,1H3,(H,19,21). The van der Waals surface area contributed by atoms with Gasteiger partial charge >= 0.3 is 0 Å². The third kappa shape index (κ3) is 2.58. The summed E-state index contributed by atoms with van der Waals surface area (Å²) in [5.41, 5.74) is 1.85. The number of carbonyl (C=O) groups excluding carboxylic acids is 1. The first kappa shape index (κ1) is 14.2. The Morgan fingerprint density at radius 2 is 2.05 bits per heavy atom. The molecule has 106 valence electrons. The molecule has 0 saturated heterocycles. The van der Waals surface area contributed by atoms with Crippen LogP contribution in [0.4, 0.5) is 5.69 Å². The van der Waals surface area contributed by atoms with Gasteiger partial charge in [0.05, 0.1) is 21.9 Å². The summed E-state index contributed by atoms with van der Waals surface area (Å²) in [7, 11) is 1.72. The van der Waals surface area contributed by atoms with E-state index in [4.69, 9.17) is 0 Å². The molecule has 1 aromatic carbocycles. The molecule has 0 atom stereocenters. The summed E-state index contributed by atoms with van der Waals surface area (Å²) >= 11 is 6.81. The van der Waals surface area contributed by atoms with E-state index < -0.39 is 0 Å². The number of aryl methyl sites for hydroxylation is 1. The Morgan fingerprint density at radius 3 is 2.76 bits per heavy atom. The van der Waals surface area contributed by atoms with Crippen LogP contribution in [0.2, 0.25) is 0 Å².